The van der Waals surface area contributed by atoms with E-state index < -0.39 is 71.7 Å². The summed E-state index contributed by atoms with van der Waals surface area (Å²) in [6, 6.07) is 0. The standard InChI is InChI=1S/C12H18ClN2O15P3/c1-2-12(19)8(17)11(5-13,28-9(12)15-4-3-7(16)14-10(15)18)6-27-32(23,24)30-33(25,26)29-31(20,21)22/h1,3-4,8-10,17-19H,5-6H2,(H,14,16)(H,23,24)(H,25,26)(H2,20,21,22). The van der Waals surface area contributed by atoms with E-state index in [0.717, 1.165) is 17.2 Å². The molecule has 7 unspecified atom stereocenters. The fourth-order valence-electron chi connectivity index (χ4n) is 2.79. The zero-order valence-corrected chi connectivity index (χ0v) is 19.4. The van der Waals surface area contributed by atoms with Crippen LogP contribution in [0.3, 0.4) is 0 Å². The quantitative estimate of drug-likeness (QED) is 0.0833. The first kappa shape index (κ1) is 28.3. The molecule has 0 aromatic heterocycles. The molecule has 1 fully saturated rings. The number of aliphatic hydroxyl groups is 3. The van der Waals surface area contributed by atoms with Crippen molar-refractivity contribution < 1.29 is 71.3 Å². The maximum atomic E-state index is 12.0. The van der Waals surface area contributed by atoms with Crippen molar-refractivity contribution in [1.82, 2.24) is 10.2 Å². The minimum Gasteiger partial charge on any atom is -0.386 e. The number of terminal acetylenes is 1. The van der Waals surface area contributed by atoms with E-state index in [1.54, 1.807) is 0 Å². The predicted octanol–water partition coefficient (Wildman–Crippen LogP) is -2.39. The average molecular weight is 559 g/mol. The Hall–Kier alpha value is -0.890. The number of hydrogen-bond acceptors (Lipinski definition) is 12. The molecule has 7 atom stereocenters. The molecule has 2 heterocycles. The summed E-state index contributed by atoms with van der Waals surface area (Å²) in [5, 5.41) is 33.5. The average Bonchev–Trinajstić information content (AvgIpc) is 2.86. The largest absolute Gasteiger partial charge is 0.490 e. The van der Waals surface area contributed by atoms with E-state index in [-0.39, 0.29) is 0 Å². The number of aliphatic hydroxyl groups excluding tert-OH is 2. The van der Waals surface area contributed by atoms with Crippen LogP contribution in [0, 0.1) is 12.3 Å². The zero-order chi connectivity index (χ0) is 25.5. The van der Waals surface area contributed by atoms with Crippen LogP contribution in [-0.2, 0) is 36.4 Å². The van der Waals surface area contributed by atoms with E-state index in [4.69, 9.17) is 32.5 Å². The summed E-state index contributed by atoms with van der Waals surface area (Å²) >= 11 is 5.80. The molecular weight excluding hydrogens is 541 g/mol. The normalized spacial score (nSPS) is 36.0. The van der Waals surface area contributed by atoms with E-state index in [1.807, 2.05) is 11.2 Å². The number of alkyl halides is 1. The number of nitrogens with one attached hydrogen (secondary N) is 1. The maximum Gasteiger partial charge on any atom is 0.490 e. The Morgan fingerprint density at radius 1 is 1.21 bits per heavy atom. The fraction of sp³-hybridized carbons (Fsp3) is 0.583. The van der Waals surface area contributed by atoms with E-state index in [1.165, 1.54) is 0 Å². The Balaban J connectivity index is 2.27. The first-order chi connectivity index (χ1) is 14.9. The van der Waals surface area contributed by atoms with Crippen LogP contribution in [-0.4, -0.2) is 88.1 Å². The van der Waals surface area contributed by atoms with Crippen molar-refractivity contribution in [2.75, 3.05) is 12.5 Å². The van der Waals surface area contributed by atoms with Crippen molar-refractivity contribution in [1.29, 1.82) is 0 Å². The van der Waals surface area contributed by atoms with Gasteiger partial charge in [-0.2, -0.15) is 8.62 Å². The number of carbonyl (C=O) groups excluding carboxylic acids is 1. The molecule has 0 aromatic rings. The first-order valence-corrected chi connectivity index (χ1v) is 13.3. The van der Waals surface area contributed by atoms with Gasteiger partial charge in [0.15, 0.2) is 11.8 Å². The second-order valence-corrected chi connectivity index (χ2v) is 11.2. The Morgan fingerprint density at radius 2 is 1.82 bits per heavy atom. The van der Waals surface area contributed by atoms with Crippen LogP contribution >= 0.6 is 35.1 Å². The molecule has 21 heteroatoms. The summed E-state index contributed by atoms with van der Waals surface area (Å²) in [5.74, 6) is 0.307. The summed E-state index contributed by atoms with van der Waals surface area (Å²) in [6.07, 6.45) is 1.34. The molecule has 2 rings (SSSR count). The van der Waals surface area contributed by atoms with Gasteiger partial charge in [0.1, 0.15) is 11.7 Å². The van der Waals surface area contributed by atoms with Gasteiger partial charge in [-0.3, -0.25) is 9.32 Å². The van der Waals surface area contributed by atoms with Crippen LogP contribution in [0.5, 0.6) is 0 Å². The molecular formula is C12H18ClN2O15P3. The third kappa shape index (κ3) is 6.41. The van der Waals surface area contributed by atoms with Gasteiger partial charge in [0.25, 0.3) is 0 Å². The Kier molecular flexibility index (Phi) is 8.28. The van der Waals surface area contributed by atoms with Crippen LogP contribution in [0.15, 0.2) is 12.3 Å². The van der Waals surface area contributed by atoms with Crippen molar-refractivity contribution in [3.8, 4) is 12.3 Å². The number of phosphoric ester groups is 1. The molecule has 1 amide bonds. The van der Waals surface area contributed by atoms with Gasteiger partial charge < -0.3 is 49.8 Å². The molecule has 0 saturated carbocycles. The SMILES string of the molecule is C#CC1(O)C(N2C=CC(=O)NC2O)OC(CCl)(COP(=O)(O)OP(=O)(O)OP(=O)(O)O)C1O. The lowest BCUT2D eigenvalue weighted by Crippen LogP contribution is -2.60. The molecule has 8 N–H and O–H groups in total. The first-order valence-electron chi connectivity index (χ1n) is 8.25. The van der Waals surface area contributed by atoms with Crippen LogP contribution < -0.4 is 5.32 Å². The lowest BCUT2D eigenvalue weighted by Gasteiger charge is -2.38. The van der Waals surface area contributed by atoms with Crippen molar-refractivity contribution >= 4 is 41.0 Å². The predicted molar refractivity (Wildman–Crippen MR) is 103 cm³/mol. The summed E-state index contributed by atoms with van der Waals surface area (Å²) in [5.41, 5.74) is -4.99. The Bertz CT molecular complexity index is 997. The Morgan fingerprint density at radius 3 is 2.30 bits per heavy atom. The van der Waals surface area contributed by atoms with Crippen LogP contribution in [0.25, 0.3) is 0 Å². The molecule has 0 aromatic carbocycles. The van der Waals surface area contributed by atoms with Crippen molar-refractivity contribution in [3.05, 3.63) is 12.3 Å². The minimum absolute atomic E-state index is 0.724. The van der Waals surface area contributed by atoms with Gasteiger partial charge in [0.2, 0.25) is 12.3 Å². The third-order valence-electron chi connectivity index (χ3n) is 4.21. The summed E-state index contributed by atoms with van der Waals surface area (Å²) in [7, 11) is -17.1. The highest BCUT2D eigenvalue weighted by Crippen LogP contribution is 2.66. The van der Waals surface area contributed by atoms with Crippen LogP contribution in [0.1, 0.15) is 0 Å². The molecule has 0 spiro atoms. The monoisotopic (exact) mass is 558 g/mol. The van der Waals surface area contributed by atoms with E-state index >= 15 is 0 Å². The van der Waals surface area contributed by atoms with Crippen LogP contribution in [0.4, 0.5) is 0 Å². The molecule has 2 aliphatic rings. The van der Waals surface area contributed by atoms with E-state index in [2.05, 4.69) is 13.1 Å². The third-order valence-corrected chi connectivity index (χ3v) is 8.44. The number of halogens is 1. The van der Waals surface area contributed by atoms with Gasteiger partial charge in [-0.15, -0.1) is 18.0 Å². The van der Waals surface area contributed by atoms with Gasteiger partial charge in [-0.25, -0.2) is 13.7 Å². The smallest absolute Gasteiger partial charge is 0.386 e. The van der Waals surface area contributed by atoms with E-state index in [9.17, 15) is 43.6 Å². The molecule has 188 valence electrons. The second-order valence-electron chi connectivity index (χ2n) is 6.55. The molecule has 1 saturated heterocycles. The van der Waals surface area contributed by atoms with Gasteiger partial charge in [-0.05, 0) is 0 Å². The number of hydrogen-bond donors (Lipinski definition) is 8. The lowest BCUT2D eigenvalue weighted by molar-refractivity contribution is -0.177. The zero-order valence-electron chi connectivity index (χ0n) is 15.9. The van der Waals surface area contributed by atoms with Crippen molar-refractivity contribution in [2.45, 2.75) is 29.9 Å². The fourth-order valence-corrected chi connectivity index (χ4v) is 6.16. The number of carbonyl (C=O) groups is 1. The molecule has 17 nitrogen and oxygen atoms in total. The number of amides is 1. The molecule has 0 aliphatic carbocycles. The minimum atomic E-state index is -5.83. The number of rotatable bonds is 9. The van der Waals surface area contributed by atoms with Gasteiger partial charge in [-0.1, -0.05) is 5.92 Å². The molecule has 0 radical (unpaired) electrons. The Labute approximate surface area is 189 Å². The van der Waals surface area contributed by atoms with Crippen LogP contribution in [0.2, 0.25) is 0 Å². The van der Waals surface area contributed by atoms with Crippen molar-refractivity contribution in [2.24, 2.45) is 0 Å². The molecule has 33 heavy (non-hydrogen) atoms. The summed E-state index contributed by atoms with van der Waals surface area (Å²) < 4.78 is 51.1. The second kappa shape index (κ2) is 9.63. The number of ether oxygens (including phenoxy) is 1. The number of phosphoric acid groups is 3. The topological polar surface area (TPSA) is 262 Å². The van der Waals surface area contributed by atoms with Gasteiger partial charge in [0.05, 0.1) is 12.5 Å². The highest BCUT2D eigenvalue weighted by molar-refractivity contribution is 7.66. The maximum absolute atomic E-state index is 12.0. The summed E-state index contributed by atoms with van der Waals surface area (Å²) in [4.78, 5) is 48.0. The lowest BCUT2D eigenvalue weighted by atomic mass is 9.87. The van der Waals surface area contributed by atoms with Crippen molar-refractivity contribution in [3.63, 3.8) is 0 Å². The van der Waals surface area contributed by atoms with Gasteiger partial charge in [0, 0.05) is 12.3 Å². The summed E-state index contributed by atoms with van der Waals surface area (Å²) in [6.45, 7) is -1.26. The van der Waals surface area contributed by atoms with E-state index in [0.29, 0.717) is 0 Å². The molecule has 0 bridgehead atoms. The molecule has 2 aliphatic heterocycles. The highest BCUT2D eigenvalue weighted by atomic mass is 35.5. The highest BCUT2D eigenvalue weighted by Gasteiger charge is 2.65. The van der Waals surface area contributed by atoms with Gasteiger partial charge >= 0.3 is 23.5 Å². The number of nitrogens with zero attached hydrogens (tertiary/aromatic N) is 1.